The van der Waals surface area contributed by atoms with Crippen molar-refractivity contribution in [2.45, 2.75) is 25.8 Å². The zero-order chi connectivity index (χ0) is 22.5. The molecule has 0 aliphatic carbocycles. The fraction of sp³-hybridized carbons (Fsp3) is 0.476. The van der Waals surface area contributed by atoms with Gasteiger partial charge in [0.2, 0.25) is 5.91 Å². The number of methoxy groups -OCH3 is 1. The number of thiophene rings is 1. The van der Waals surface area contributed by atoms with Gasteiger partial charge >= 0.3 is 5.97 Å². The van der Waals surface area contributed by atoms with Gasteiger partial charge < -0.3 is 25.1 Å². The molecule has 3 N–H and O–H groups in total. The molecule has 168 valence electrons. The van der Waals surface area contributed by atoms with Crippen LogP contribution in [0.15, 0.2) is 18.3 Å². The van der Waals surface area contributed by atoms with Crippen molar-refractivity contribution in [1.29, 1.82) is 0 Å². The van der Waals surface area contributed by atoms with Crippen LogP contribution in [0.3, 0.4) is 0 Å². The number of amides is 2. The first kappa shape index (κ1) is 23.0. The quantitative estimate of drug-likeness (QED) is 0.448. The van der Waals surface area contributed by atoms with Crippen molar-refractivity contribution in [3.8, 4) is 0 Å². The molecule has 1 atom stereocenters. The van der Waals surface area contributed by atoms with Crippen LogP contribution in [-0.2, 0) is 21.3 Å². The summed E-state index contributed by atoms with van der Waals surface area (Å²) in [4.78, 5) is 39.6. The Bertz CT molecular complexity index is 967. The molecule has 2 aromatic rings. The lowest BCUT2D eigenvalue weighted by molar-refractivity contribution is -0.117. The fourth-order valence-electron chi connectivity index (χ4n) is 3.89. The van der Waals surface area contributed by atoms with Crippen LogP contribution in [0, 0.1) is 6.92 Å². The first-order valence-corrected chi connectivity index (χ1v) is 10.9. The van der Waals surface area contributed by atoms with E-state index in [4.69, 9.17) is 15.2 Å². The molecule has 9 nitrogen and oxygen atoms in total. The maximum atomic E-state index is 12.9. The van der Waals surface area contributed by atoms with E-state index in [1.807, 2.05) is 19.3 Å². The van der Waals surface area contributed by atoms with Gasteiger partial charge in [-0.25, -0.2) is 4.79 Å². The number of nitrogens with zero attached hydrogens (tertiary/aromatic N) is 2. The van der Waals surface area contributed by atoms with E-state index in [1.165, 1.54) is 7.11 Å². The van der Waals surface area contributed by atoms with Gasteiger partial charge in [0.25, 0.3) is 5.91 Å². The predicted octanol–water partition coefficient (Wildman–Crippen LogP) is 2.07. The number of primary amides is 1. The third-order valence-corrected chi connectivity index (χ3v) is 6.61. The minimum absolute atomic E-state index is 0.0655. The Labute approximate surface area is 185 Å². The van der Waals surface area contributed by atoms with Gasteiger partial charge in [0.05, 0.1) is 29.6 Å². The van der Waals surface area contributed by atoms with Crippen LogP contribution in [0.4, 0.5) is 5.00 Å². The second-order valence-electron chi connectivity index (χ2n) is 7.47. The molecule has 1 saturated heterocycles. The number of anilines is 1. The maximum absolute atomic E-state index is 12.9. The molecule has 31 heavy (non-hydrogen) atoms. The fourth-order valence-corrected chi connectivity index (χ4v) is 4.96. The molecule has 1 aliphatic rings. The molecule has 2 amide bonds. The number of aromatic nitrogens is 1. The van der Waals surface area contributed by atoms with Crippen LogP contribution in [0.2, 0.25) is 0 Å². The summed E-state index contributed by atoms with van der Waals surface area (Å²) in [5, 5.41) is 3.07. The second-order valence-corrected chi connectivity index (χ2v) is 8.49. The molecule has 0 aromatic carbocycles. The van der Waals surface area contributed by atoms with Gasteiger partial charge in [-0.3, -0.25) is 14.5 Å². The Kier molecular flexibility index (Phi) is 7.47. The standard InChI is InChI=1S/C21H28N4O5S/c1-13-17(21(28)30-11-10-29-3)20(31-18(13)19(22)27)23-16(26)12-25-9-5-7-15(25)14-6-4-8-24(14)2/h4,6,8,15H,5,7,9-12H2,1-3H3,(H2,22,27)(H,23,26)/t15-/m1/s1. The van der Waals surface area contributed by atoms with Crippen LogP contribution < -0.4 is 11.1 Å². The van der Waals surface area contributed by atoms with Gasteiger partial charge in [0, 0.05) is 26.0 Å². The number of likely N-dealkylation sites (tertiary alicyclic amines) is 1. The average molecular weight is 449 g/mol. The van der Waals surface area contributed by atoms with Crippen molar-refractivity contribution < 1.29 is 23.9 Å². The molecule has 0 bridgehead atoms. The van der Waals surface area contributed by atoms with Gasteiger partial charge in [0.15, 0.2) is 0 Å². The Morgan fingerprint density at radius 2 is 2.10 bits per heavy atom. The summed E-state index contributed by atoms with van der Waals surface area (Å²) in [6.07, 6.45) is 3.98. The van der Waals surface area contributed by atoms with Gasteiger partial charge in [-0.1, -0.05) is 0 Å². The van der Waals surface area contributed by atoms with Crippen LogP contribution >= 0.6 is 11.3 Å². The number of aryl methyl sites for hydroxylation is 1. The van der Waals surface area contributed by atoms with E-state index in [0.29, 0.717) is 5.56 Å². The Balaban J connectivity index is 1.75. The molecule has 1 fully saturated rings. The number of hydrogen-bond donors (Lipinski definition) is 2. The SMILES string of the molecule is COCCOC(=O)c1c(NC(=O)CN2CCC[C@@H]2c2cccn2C)sc(C(N)=O)c1C. The smallest absolute Gasteiger partial charge is 0.341 e. The third kappa shape index (κ3) is 5.15. The summed E-state index contributed by atoms with van der Waals surface area (Å²) in [5.74, 6) is -1.54. The Hall–Kier alpha value is -2.69. The Morgan fingerprint density at radius 3 is 2.74 bits per heavy atom. The lowest BCUT2D eigenvalue weighted by atomic mass is 10.1. The summed E-state index contributed by atoms with van der Waals surface area (Å²) in [6.45, 7) is 2.91. The number of rotatable bonds is 9. The first-order valence-electron chi connectivity index (χ1n) is 10.1. The zero-order valence-electron chi connectivity index (χ0n) is 18.0. The van der Waals surface area contributed by atoms with Crippen LogP contribution in [-0.4, -0.2) is 60.7 Å². The lowest BCUT2D eigenvalue weighted by Crippen LogP contribution is -2.33. The highest BCUT2D eigenvalue weighted by Crippen LogP contribution is 2.35. The second kappa shape index (κ2) is 10.1. The number of ether oxygens (including phenoxy) is 2. The first-order chi connectivity index (χ1) is 14.8. The van der Waals surface area contributed by atoms with Crippen molar-refractivity contribution in [2.24, 2.45) is 12.8 Å². The topological polar surface area (TPSA) is 116 Å². The summed E-state index contributed by atoms with van der Waals surface area (Å²) in [5.41, 5.74) is 7.16. The van der Waals surface area contributed by atoms with Crippen LogP contribution in [0.25, 0.3) is 0 Å². The van der Waals surface area contributed by atoms with Crippen LogP contribution in [0.5, 0.6) is 0 Å². The molecule has 2 aromatic heterocycles. The summed E-state index contributed by atoms with van der Waals surface area (Å²) < 4.78 is 12.2. The highest BCUT2D eigenvalue weighted by Gasteiger charge is 2.30. The Morgan fingerprint density at radius 1 is 1.32 bits per heavy atom. The van der Waals surface area contributed by atoms with Gasteiger partial charge in [-0.2, -0.15) is 0 Å². The van der Waals surface area contributed by atoms with Crippen LogP contribution in [0.1, 0.15) is 50.2 Å². The van der Waals surface area contributed by atoms with Crippen molar-refractivity contribution in [3.63, 3.8) is 0 Å². The summed E-state index contributed by atoms with van der Waals surface area (Å²) in [7, 11) is 3.49. The predicted molar refractivity (Wildman–Crippen MR) is 117 cm³/mol. The zero-order valence-corrected chi connectivity index (χ0v) is 18.8. The highest BCUT2D eigenvalue weighted by atomic mass is 32.1. The third-order valence-electron chi connectivity index (χ3n) is 5.38. The number of hydrogen-bond acceptors (Lipinski definition) is 7. The van der Waals surface area contributed by atoms with E-state index in [2.05, 4.69) is 20.9 Å². The molecule has 1 aliphatic heterocycles. The minimum Gasteiger partial charge on any atom is -0.460 e. The highest BCUT2D eigenvalue weighted by molar-refractivity contribution is 7.18. The van der Waals surface area contributed by atoms with Gasteiger partial charge in [-0.15, -0.1) is 11.3 Å². The number of esters is 1. The van der Waals surface area contributed by atoms with Crippen molar-refractivity contribution >= 4 is 34.1 Å². The summed E-state index contributed by atoms with van der Waals surface area (Å²) >= 11 is 0.988. The monoisotopic (exact) mass is 448 g/mol. The molecular formula is C21H28N4O5S. The van der Waals surface area contributed by atoms with E-state index < -0.39 is 11.9 Å². The number of nitrogens with one attached hydrogen (secondary N) is 1. The molecule has 3 rings (SSSR count). The molecule has 0 radical (unpaired) electrons. The number of carbonyl (C=O) groups is 3. The largest absolute Gasteiger partial charge is 0.460 e. The maximum Gasteiger partial charge on any atom is 0.341 e. The van der Waals surface area contributed by atoms with E-state index in [0.717, 1.165) is 36.4 Å². The van der Waals surface area contributed by atoms with Crippen molar-refractivity contribution in [2.75, 3.05) is 38.7 Å². The van der Waals surface area contributed by atoms with Gasteiger partial charge in [-0.05, 0) is 44.0 Å². The van der Waals surface area contributed by atoms with E-state index >= 15 is 0 Å². The van der Waals surface area contributed by atoms with E-state index in [9.17, 15) is 14.4 Å². The number of nitrogens with two attached hydrogens (primary N) is 1. The van der Waals surface area contributed by atoms with Crippen molar-refractivity contribution in [3.05, 3.63) is 40.0 Å². The molecule has 3 heterocycles. The molecule has 0 spiro atoms. The van der Waals surface area contributed by atoms with E-state index in [-0.39, 0.29) is 47.1 Å². The molecule has 0 unspecified atom stereocenters. The van der Waals surface area contributed by atoms with Gasteiger partial charge in [0.1, 0.15) is 11.6 Å². The lowest BCUT2D eigenvalue weighted by Gasteiger charge is -2.24. The minimum atomic E-state index is -0.655. The molecule has 0 saturated carbocycles. The van der Waals surface area contributed by atoms with Crippen molar-refractivity contribution in [1.82, 2.24) is 9.47 Å². The molecule has 10 heteroatoms. The summed E-state index contributed by atoms with van der Waals surface area (Å²) in [6, 6.07) is 4.22. The average Bonchev–Trinajstić information content (AvgIpc) is 3.41. The number of carbonyl (C=O) groups excluding carboxylic acids is 3. The normalized spacial score (nSPS) is 16.4. The van der Waals surface area contributed by atoms with E-state index in [1.54, 1.807) is 6.92 Å². The molecular weight excluding hydrogens is 420 g/mol.